The Labute approximate surface area is 173 Å². The SMILES string of the molecule is O=S(=O)(c1cccc(-c2ccccc2)c1)N1CC(n2cc(Cn3nccn3)nn2)C1. The molecule has 1 aliphatic heterocycles. The third-order valence-electron chi connectivity index (χ3n) is 5.11. The highest BCUT2D eigenvalue weighted by Crippen LogP contribution is 2.30. The maximum Gasteiger partial charge on any atom is 0.243 e. The number of rotatable bonds is 6. The van der Waals surface area contributed by atoms with Crippen LogP contribution in [-0.2, 0) is 16.6 Å². The van der Waals surface area contributed by atoms with Crippen LogP contribution in [0.25, 0.3) is 11.1 Å². The van der Waals surface area contributed by atoms with E-state index in [0.717, 1.165) is 16.8 Å². The van der Waals surface area contributed by atoms with E-state index in [1.165, 1.54) is 9.10 Å². The first-order valence-corrected chi connectivity index (χ1v) is 10.9. The van der Waals surface area contributed by atoms with E-state index in [0.29, 0.717) is 24.5 Å². The zero-order chi connectivity index (χ0) is 20.6. The van der Waals surface area contributed by atoms with Crippen LogP contribution in [0.1, 0.15) is 11.7 Å². The molecule has 152 valence electrons. The van der Waals surface area contributed by atoms with Gasteiger partial charge in [0.15, 0.2) is 0 Å². The fourth-order valence-electron chi connectivity index (χ4n) is 3.43. The smallest absolute Gasteiger partial charge is 0.243 e. The summed E-state index contributed by atoms with van der Waals surface area (Å²) in [6.45, 7) is 1.15. The van der Waals surface area contributed by atoms with Crippen LogP contribution < -0.4 is 0 Å². The van der Waals surface area contributed by atoms with E-state index in [-0.39, 0.29) is 6.04 Å². The average Bonchev–Trinajstić information content (AvgIpc) is 3.40. The Morgan fingerprint density at radius 1 is 0.933 bits per heavy atom. The van der Waals surface area contributed by atoms with Crippen LogP contribution in [0.3, 0.4) is 0 Å². The van der Waals surface area contributed by atoms with Gasteiger partial charge in [0.2, 0.25) is 10.0 Å². The van der Waals surface area contributed by atoms with Crippen molar-refractivity contribution in [2.24, 2.45) is 0 Å². The van der Waals surface area contributed by atoms with Gasteiger partial charge in [0.25, 0.3) is 0 Å². The van der Waals surface area contributed by atoms with Crippen LogP contribution in [0.2, 0.25) is 0 Å². The molecule has 0 spiro atoms. The Balaban J connectivity index is 1.28. The molecular formula is C20H19N7O2S. The van der Waals surface area contributed by atoms with E-state index in [1.54, 1.807) is 35.3 Å². The van der Waals surface area contributed by atoms with Crippen LogP contribution in [0.5, 0.6) is 0 Å². The summed E-state index contributed by atoms with van der Waals surface area (Å²) in [5.41, 5.74) is 2.59. The van der Waals surface area contributed by atoms with Crippen molar-refractivity contribution < 1.29 is 8.42 Å². The maximum absolute atomic E-state index is 13.1. The summed E-state index contributed by atoms with van der Waals surface area (Å²) in [5.74, 6) is 0. The third kappa shape index (κ3) is 3.51. The molecule has 1 aliphatic rings. The second-order valence-electron chi connectivity index (χ2n) is 7.12. The predicted molar refractivity (Wildman–Crippen MR) is 109 cm³/mol. The molecule has 0 atom stereocenters. The van der Waals surface area contributed by atoms with E-state index in [4.69, 9.17) is 0 Å². The van der Waals surface area contributed by atoms with Crippen molar-refractivity contribution in [1.82, 2.24) is 34.3 Å². The summed E-state index contributed by atoms with van der Waals surface area (Å²) < 4.78 is 29.3. The van der Waals surface area contributed by atoms with Gasteiger partial charge in [0.1, 0.15) is 12.2 Å². The highest BCUT2D eigenvalue weighted by Gasteiger charge is 2.38. The lowest BCUT2D eigenvalue weighted by Gasteiger charge is -2.37. The van der Waals surface area contributed by atoms with Gasteiger partial charge >= 0.3 is 0 Å². The molecule has 0 saturated carbocycles. The summed E-state index contributed by atoms with van der Waals surface area (Å²) >= 11 is 0. The molecule has 0 radical (unpaired) electrons. The van der Waals surface area contributed by atoms with Crippen LogP contribution in [0.15, 0.2) is 78.1 Å². The van der Waals surface area contributed by atoms with Crippen molar-refractivity contribution in [3.63, 3.8) is 0 Å². The van der Waals surface area contributed by atoms with Gasteiger partial charge in [0.05, 0.1) is 29.5 Å². The Morgan fingerprint density at radius 3 is 2.43 bits per heavy atom. The second kappa shape index (κ2) is 7.47. The van der Waals surface area contributed by atoms with Crippen LogP contribution in [0.4, 0.5) is 0 Å². The lowest BCUT2D eigenvalue weighted by Crippen LogP contribution is -2.50. The second-order valence-corrected chi connectivity index (χ2v) is 9.06. The predicted octanol–water partition coefficient (Wildman–Crippen LogP) is 1.83. The molecule has 3 heterocycles. The maximum atomic E-state index is 13.1. The van der Waals surface area contributed by atoms with Gasteiger partial charge in [-0.2, -0.15) is 19.3 Å². The third-order valence-corrected chi connectivity index (χ3v) is 6.94. The summed E-state index contributed by atoms with van der Waals surface area (Å²) in [6.07, 6.45) is 5.02. The summed E-state index contributed by atoms with van der Waals surface area (Å²) in [6, 6.07) is 16.8. The standard InChI is InChI=1S/C20H19N7O2S/c28-30(29,20-8-4-7-17(11-20)16-5-2-1-3-6-16)25-14-19(15-25)26-12-18(23-24-26)13-27-21-9-10-22-27/h1-12,19H,13-15H2. The van der Waals surface area contributed by atoms with Gasteiger partial charge < -0.3 is 0 Å². The quantitative estimate of drug-likeness (QED) is 0.471. The van der Waals surface area contributed by atoms with Gasteiger partial charge in [-0.25, -0.2) is 13.1 Å². The fourth-order valence-corrected chi connectivity index (χ4v) is 4.99. The van der Waals surface area contributed by atoms with Gasteiger partial charge in [0, 0.05) is 13.1 Å². The number of aromatic nitrogens is 6. The molecule has 0 aliphatic carbocycles. The molecule has 30 heavy (non-hydrogen) atoms. The van der Waals surface area contributed by atoms with E-state index in [1.807, 2.05) is 42.6 Å². The minimum Gasteiger partial charge on any atom is -0.246 e. The molecule has 9 nitrogen and oxygen atoms in total. The molecule has 0 bridgehead atoms. The first-order chi connectivity index (χ1) is 14.6. The molecule has 1 fully saturated rings. The number of hydrogen-bond donors (Lipinski definition) is 0. The molecular weight excluding hydrogens is 402 g/mol. The lowest BCUT2D eigenvalue weighted by molar-refractivity contribution is 0.189. The summed E-state index contributed by atoms with van der Waals surface area (Å²) in [4.78, 5) is 1.82. The highest BCUT2D eigenvalue weighted by atomic mass is 32.2. The zero-order valence-corrected chi connectivity index (χ0v) is 16.8. The van der Waals surface area contributed by atoms with E-state index in [9.17, 15) is 8.42 Å². The molecule has 0 N–H and O–H groups in total. The van der Waals surface area contributed by atoms with Crippen LogP contribution >= 0.6 is 0 Å². The Kier molecular flexibility index (Phi) is 4.64. The Bertz CT molecular complexity index is 1250. The largest absolute Gasteiger partial charge is 0.246 e. The first kappa shape index (κ1) is 18.6. The lowest BCUT2D eigenvalue weighted by atomic mass is 10.1. The van der Waals surface area contributed by atoms with Crippen molar-refractivity contribution in [3.05, 3.63) is 78.9 Å². The molecule has 1 saturated heterocycles. The van der Waals surface area contributed by atoms with Gasteiger partial charge in [-0.15, -0.1) is 5.10 Å². The average molecular weight is 421 g/mol. The molecule has 2 aromatic carbocycles. The van der Waals surface area contributed by atoms with Crippen molar-refractivity contribution >= 4 is 10.0 Å². The monoisotopic (exact) mass is 421 g/mol. The van der Waals surface area contributed by atoms with E-state index >= 15 is 0 Å². The minimum absolute atomic E-state index is 0.0380. The van der Waals surface area contributed by atoms with E-state index < -0.39 is 10.0 Å². The van der Waals surface area contributed by atoms with Gasteiger partial charge in [-0.1, -0.05) is 47.7 Å². The van der Waals surface area contributed by atoms with E-state index in [2.05, 4.69) is 20.5 Å². The molecule has 0 amide bonds. The Hall–Kier alpha value is -3.37. The number of sulfonamides is 1. The number of hydrogen-bond acceptors (Lipinski definition) is 6. The topological polar surface area (TPSA) is 98.8 Å². The van der Waals surface area contributed by atoms with Crippen LogP contribution in [-0.4, -0.2) is 55.8 Å². The van der Waals surface area contributed by atoms with Gasteiger partial charge in [-0.05, 0) is 23.3 Å². The summed E-state index contributed by atoms with van der Waals surface area (Å²) in [7, 11) is -3.56. The van der Waals surface area contributed by atoms with Crippen molar-refractivity contribution in [2.75, 3.05) is 13.1 Å². The fraction of sp³-hybridized carbons (Fsp3) is 0.200. The van der Waals surface area contributed by atoms with Crippen LogP contribution in [0, 0.1) is 0 Å². The normalized spacial score (nSPS) is 15.2. The molecule has 4 aromatic rings. The minimum atomic E-state index is -3.56. The van der Waals surface area contributed by atoms with Crippen molar-refractivity contribution in [3.8, 4) is 11.1 Å². The molecule has 2 aromatic heterocycles. The Morgan fingerprint density at radius 2 is 1.67 bits per heavy atom. The molecule has 10 heteroatoms. The zero-order valence-electron chi connectivity index (χ0n) is 16.0. The summed E-state index contributed by atoms with van der Waals surface area (Å²) in [5, 5.41) is 16.4. The number of nitrogens with zero attached hydrogens (tertiary/aromatic N) is 7. The van der Waals surface area contributed by atoms with Gasteiger partial charge in [-0.3, -0.25) is 0 Å². The number of benzene rings is 2. The van der Waals surface area contributed by atoms with Crippen molar-refractivity contribution in [2.45, 2.75) is 17.5 Å². The molecule has 5 rings (SSSR count). The molecule has 0 unspecified atom stereocenters. The first-order valence-electron chi connectivity index (χ1n) is 9.50. The highest BCUT2D eigenvalue weighted by molar-refractivity contribution is 7.89. The van der Waals surface area contributed by atoms with Crippen molar-refractivity contribution in [1.29, 1.82) is 0 Å².